The van der Waals surface area contributed by atoms with Crippen molar-refractivity contribution >= 4 is 13.1 Å². The van der Waals surface area contributed by atoms with Gasteiger partial charge in [-0.3, -0.25) is 14.7 Å². The zero-order chi connectivity index (χ0) is 18.6. The number of non-ortho nitro benzene ring substituents is 1. The number of nitro groups is 1. The molecule has 1 saturated carbocycles. The number of nitro benzene ring substituents is 1. The van der Waals surface area contributed by atoms with Gasteiger partial charge in [0.25, 0.3) is 5.69 Å². The highest BCUT2D eigenvalue weighted by Crippen LogP contribution is 2.46. The molecule has 1 heterocycles. The Morgan fingerprint density at radius 1 is 1.27 bits per heavy atom. The summed E-state index contributed by atoms with van der Waals surface area (Å²) in [6.45, 7) is 0.817. The zero-order valence-electron chi connectivity index (χ0n) is 14.9. The number of nitrogens with one attached hydrogen (secondary N) is 1. The third-order valence-corrected chi connectivity index (χ3v) is 7.40. The molecular formula is C18H27N2O5P. The molecule has 3 unspecified atom stereocenters. The Balaban J connectivity index is 1.51. The fourth-order valence-electron chi connectivity index (χ4n) is 3.98. The minimum atomic E-state index is -3.20. The van der Waals surface area contributed by atoms with E-state index in [1.165, 1.54) is 12.5 Å². The third-order valence-electron chi connectivity index (χ3n) is 5.33. The van der Waals surface area contributed by atoms with Crippen LogP contribution in [0.2, 0.25) is 0 Å². The van der Waals surface area contributed by atoms with E-state index in [1.54, 1.807) is 12.1 Å². The lowest BCUT2D eigenvalue weighted by Gasteiger charge is -2.32. The summed E-state index contributed by atoms with van der Waals surface area (Å²) in [4.78, 5) is 20.9. The molecule has 1 saturated heterocycles. The van der Waals surface area contributed by atoms with Crippen LogP contribution in [-0.4, -0.2) is 41.4 Å². The first-order chi connectivity index (χ1) is 12.4. The lowest BCUT2D eigenvalue weighted by Crippen LogP contribution is -2.43. The van der Waals surface area contributed by atoms with Gasteiger partial charge in [-0.05, 0) is 24.3 Å². The van der Waals surface area contributed by atoms with E-state index in [1.807, 2.05) is 6.07 Å². The van der Waals surface area contributed by atoms with E-state index in [-0.39, 0.29) is 24.0 Å². The van der Waals surface area contributed by atoms with Crippen LogP contribution in [0.4, 0.5) is 5.69 Å². The van der Waals surface area contributed by atoms with Gasteiger partial charge in [-0.2, -0.15) is 0 Å². The van der Waals surface area contributed by atoms with E-state index in [0.717, 1.165) is 31.2 Å². The molecule has 1 aromatic carbocycles. The molecule has 144 valence electrons. The lowest BCUT2D eigenvalue weighted by atomic mass is 9.91. The number of hydrogen-bond acceptors (Lipinski definition) is 5. The monoisotopic (exact) mass is 382 g/mol. The number of hydrogen-bond donors (Lipinski definition) is 2. The summed E-state index contributed by atoms with van der Waals surface area (Å²) in [5, 5.41) is 14.2. The maximum Gasteiger partial charge on any atom is 0.269 e. The zero-order valence-corrected chi connectivity index (χ0v) is 15.8. The van der Waals surface area contributed by atoms with Gasteiger partial charge in [-0.1, -0.05) is 31.4 Å². The van der Waals surface area contributed by atoms with Crippen LogP contribution in [0.15, 0.2) is 24.3 Å². The molecule has 2 aliphatic rings. The van der Waals surface area contributed by atoms with E-state index in [9.17, 15) is 19.6 Å². The first-order valence-corrected chi connectivity index (χ1v) is 11.4. The predicted octanol–water partition coefficient (Wildman–Crippen LogP) is 3.48. The minimum Gasteiger partial charge on any atom is -0.374 e. The molecule has 8 heteroatoms. The van der Waals surface area contributed by atoms with E-state index in [2.05, 4.69) is 5.32 Å². The van der Waals surface area contributed by atoms with Crippen LogP contribution >= 0.6 is 7.37 Å². The highest BCUT2D eigenvalue weighted by atomic mass is 31.2. The summed E-state index contributed by atoms with van der Waals surface area (Å²) in [6.07, 6.45) is 5.98. The van der Waals surface area contributed by atoms with Crippen LogP contribution in [0.1, 0.15) is 43.7 Å². The molecule has 2 N–H and O–H groups in total. The van der Waals surface area contributed by atoms with Crippen molar-refractivity contribution < 1.29 is 19.1 Å². The second kappa shape index (κ2) is 8.61. The van der Waals surface area contributed by atoms with Gasteiger partial charge in [-0.15, -0.1) is 0 Å². The summed E-state index contributed by atoms with van der Waals surface area (Å²) in [5.74, 6) is 0.369. The molecule has 1 aliphatic heterocycles. The number of benzene rings is 1. The Hall–Kier alpha value is -1.27. The highest BCUT2D eigenvalue weighted by molar-refractivity contribution is 7.58. The van der Waals surface area contributed by atoms with Crippen molar-refractivity contribution in [2.45, 2.75) is 44.2 Å². The Morgan fingerprint density at radius 3 is 2.69 bits per heavy atom. The molecule has 1 aliphatic carbocycles. The summed E-state index contributed by atoms with van der Waals surface area (Å²) in [6, 6.07) is 6.36. The van der Waals surface area contributed by atoms with Crippen molar-refractivity contribution in [1.29, 1.82) is 0 Å². The lowest BCUT2D eigenvalue weighted by molar-refractivity contribution is -0.384. The second-order valence-corrected chi connectivity index (χ2v) is 9.91. The van der Waals surface area contributed by atoms with Gasteiger partial charge in [0, 0.05) is 24.8 Å². The molecular weight excluding hydrogens is 355 g/mol. The van der Waals surface area contributed by atoms with Crippen LogP contribution in [0, 0.1) is 16.0 Å². The maximum atomic E-state index is 12.6. The van der Waals surface area contributed by atoms with Crippen molar-refractivity contribution in [3.8, 4) is 0 Å². The number of rotatable bonds is 6. The van der Waals surface area contributed by atoms with Crippen LogP contribution in [-0.2, 0) is 9.30 Å². The Kier molecular flexibility index (Phi) is 6.46. The Bertz CT molecular complexity index is 669. The normalized spacial score (nSPS) is 27.0. The van der Waals surface area contributed by atoms with Crippen molar-refractivity contribution in [3.05, 3.63) is 39.9 Å². The molecule has 26 heavy (non-hydrogen) atoms. The molecule has 2 fully saturated rings. The van der Waals surface area contributed by atoms with Crippen LogP contribution in [0.25, 0.3) is 0 Å². The van der Waals surface area contributed by atoms with Gasteiger partial charge in [0.2, 0.25) is 7.37 Å². The quantitative estimate of drug-likeness (QED) is 0.444. The van der Waals surface area contributed by atoms with E-state index in [4.69, 9.17) is 4.74 Å². The fourth-order valence-corrected chi connectivity index (χ4v) is 6.17. The van der Waals surface area contributed by atoms with Gasteiger partial charge in [-0.25, -0.2) is 0 Å². The summed E-state index contributed by atoms with van der Waals surface area (Å²) in [5.41, 5.74) is 0.853. The Morgan fingerprint density at radius 2 is 2.04 bits per heavy atom. The van der Waals surface area contributed by atoms with Gasteiger partial charge >= 0.3 is 0 Å². The smallest absolute Gasteiger partial charge is 0.269 e. The first-order valence-electron chi connectivity index (χ1n) is 9.33. The molecule has 3 rings (SSSR count). The van der Waals surface area contributed by atoms with Crippen molar-refractivity contribution in [1.82, 2.24) is 5.32 Å². The van der Waals surface area contributed by atoms with Crippen LogP contribution < -0.4 is 5.32 Å². The summed E-state index contributed by atoms with van der Waals surface area (Å²) in [7, 11) is -3.20. The molecule has 1 aromatic rings. The Labute approximate surface area is 153 Å². The van der Waals surface area contributed by atoms with Crippen molar-refractivity contribution in [2.75, 3.05) is 25.5 Å². The summed E-state index contributed by atoms with van der Waals surface area (Å²) >= 11 is 0. The molecule has 0 spiro atoms. The van der Waals surface area contributed by atoms with Crippen LogP contribution in [0.5, 0.6) is 0 Å². The van der Waals surface area contributed by atoms with Crippen LogP contribution in [0.3, 0.4) is 0 Å². The molecule has 0 aromatic heterocycles. The molecule has 0 amide bonds. The maximum absolute atomic E-state index is 12.6. The minimum absolute atomic E-state index is 0.0544. The molecule has 0 bridgehead atoms. The second-order valence-electron chi connectivity index (χ2n) is 7.48. The number of nitrogens with zero attached hydrogens (tertiary/aromatic N) is 1. The van der Waals surface area contributed by atoms with Crippen molar-refractivity contribution in [2.24, 2.45) is 5.92 Å². The van der Waals surface area contributed by atoms with Gasteiger partial charge in [0.1, 0.15) is 0 Å². The van der Waals surface area contributed by atoms with E-state index < -0.39 is 12.3 Å². The van der Waals surface area contributed by atoms with Crippen molar-refractivity contribution in [3.63, 3.8) is 0 Å². The molecule has 3 atom stereocenters. The largest absolute Gasteiger partial charge is 0.374 e. The molecule has 7 nitrogen and oxygen atoms in total. The first kappa shape index (κ1) is 19.5. The van der Waals surface area contributed by atoms with Gasteiger partial charge in [0.15, 0.2) is 0 Å². The third kappa shape index (κ3) is 5.36. The van der Waals surface area contributed by atoms with E-state index >= 15 is 0 Å². The topological polar surface area (TPSA) is 102 Å². The predicted molar refractivity (Wildman–Crippen MR) is 99.7 cm³/mol. The average molecular weight is 382 g/mol. The average Bonchev–Trinajstić information content (AvgIpc) is 2.62. The van der Waals surface area contributed by atoms with Gasteiger partial charge in [0.05, 0.1) is 29.8 Å². The fraction of sp³-hybridized carbons (Fsp3) is 0.667. The molecule has 0 radical (unpaired) electrons. The SMILES string of the molecule is O=[N+]([O-])c1cccc(C2COC(CP(=O)(O)CC3CCCCC3)CN2)c1. The standard InChI is InChI=1S/C18H27N2O5P/c21-20(22)16-8-4-7-15(9-16)18-11-25-17(10-19-18)13-26(23,24)12-14-5-2-1-3-6-14/h4,7-9,14,17-19H,1-3,5-6,10-13H2,(H,23,24). The number of ether oxygens (including phenoxy) is 1. The highest BCUT2D eigenvalue weighted by Gasteiger charge is 2.32. The van der Waals surface area contributed by atoms with E-state index in [0.29, 0.717) is 25.2 Å². The number of morpholine rings is 1. The van der Waals surface area contributed by atoms with Gasteiger partial charge < -0.3 is 14.9 Å². The summed E-state index contributed by atoms with van der Waals surface area (Å²) < 4.78 is 18.4.